The molecule has 1 fully saturated rings. The first-order chi connectivity index (χ1) is 19.0. The van der Waals surface area contributed by atoms with E-state index < -0.39 is 48.6 Å². The van der Waals surface area contributed by atoms with Gasteiger partial charge in [-0.3, -0.25) is 0 Å². The van der Waals surface area contributed by atoms with E-state index in [9.17, 15) is 14.4 Å². The molecule has 1 aliphatic rings. The van der Waals surface area contributed by atoms with Crippen LogP contribution in [0.15, 0.2) is 91.0 Å². The fourth-order valence-corrected chi connectivity index (χ4v) is 4.08. The normalized spacial score (nSPS) is 22.1. The number of methoxy groups -OCH3 is 1. The van der Waals surface area contributed by atoms with Crippen LogP contribution < -0.4 is 0 Å². The third-order valence-electron chi connectivity index (χ3n) is 5.97. The molecule has 0 radical (unpaired) electrons. The summed E-state index contributed by atoms with van der Waals surface area (Å²) in [5.41, 5.74) is 0.908. The predicted octanol–water partition coefficient (Wildman–Crippen LogP) is 2.49. The van der Waals surface area contributed by atoms with Gasteiger partial charge in [0.15, 0.2) is 0 Å². The zero-order chi connectivity index (χ0) is 27.6. The van der Waals surface area contributed by atoms with Crippen molar-refractivity contribution in [3.63, 3.8) is 0 Å². The van der Waals surface area contributed by atoms with Crippen molar-refractivity contribution < 1.29 is 42.7 Å². The summed E-state index contributed by atoms with van der Waals surface area (Å²) in [6.45, 7) is -0.309. The molecule has 0 amide bonds. The first-order valence-electron chi connectivity index (χ1n) is 12.2. The predicted molar refractivity (Wildman–Crippen MR) is 141 cm³/mol. The van der Waals surface area contributed by atoms with Crippen molar-refractivity contribution in [2.45, 2.75) is 30.7 Å². The molecule has 39 heavy (non-hydrogen) atoms. The van der Waals surface area contributed by atoms with Crippen molar-refractivity contribution >= 4 is 32.3 Å². The summed E-state index contributed by atoms with van der Waals surface area (Å²) in [5.74, 6) is -1.93. The molecule has 11 heteroatoms. The average Bonchev–Trinajstić information content (AvgIpc) is 2.99. The Bertz CT molecular complexity index is 1260. The van der Waals surface area contributed by atoms with Crippen molar-refractivity contribution in [1.82, 2.24) is 0 Å². The van der Waals surface area contributed by atoms with Gasteiger partial charge in [-0.05, 0) is 0 Å². The number of carbonyl (C=O) groups excluding carboxylic acids is 3. The quantitative estimate of drug-likeness (QED) is 0.223. The second kappa shape index (κ2) is 13.6. The number of benzene rings is 3. The number of ether oxygens (including phenoxy) is 5. The summed E-state index contributed by atoms with van der Waals surface area (Å²) >= 11 is 0. The van der Waals surface area contributed by atoms with Gasteiger partial charge in [0.1, 0.15) is 0 Å². The van der Waals surface area contributed by atoms with Crippen LogP contribution >= 0.6 is 0 Å². The van der Waals surface area contributed by atoms with Gasteiger partial charge in [0.2, 0.25) is 0 Å². The topological polar surface area (TPSA) is 107 Å². The number of carbonyl (C=O) groups is 3. The third-order valence-corrected chi connectivity index (χ3v) is 5.97. The molecule has 0 bridgehead atoms. The molecule has 5 atom stereocenters. The fourth-order valence-electron chi connectivity index (χ4n) is 4.08. The van der Waals surface area contributed by atoms with Crippen LogP contribution in [0.25, 0.3) is 0 Å². The van der Waals surface area contributed by atoms with Gasteiger partial charge in [0.25, 0.3) is 0 Å². The number of esters is 3. The van der Waals surface area contributed by atoms with Gasteiger partial charge in [0, 0.05) is 0 Å². The van der Waals surface area contributed by atoms with Crippen LogP contribution in [-0.4, -0.2) is 76.7 Å². The molecule has 0 spiro atoms. The van der Waals surface area contributed by atoms with Gasteiger partial charge >= 0.3 is 227 Å². The Morgan fingerprint density at radius 3 is 1.64 bits per heavy atom. The third kappa shape index (κ3) is 7.07. The first-order valence-corrected chi connectivity index (χ1v) is 12.2. The van der Waals surface area contributed by atoms with Gasteiger partial charge in [-0.1, -0.05) is 0 Å². The summed E-state index contributed by atoms with van der Waals surface area (Å²) in [7, 11) is 6.12. The second-order valence-corrected chi connectivity index (χ2v) is 8.48. The molecule has 0 aliphatic carbocycles. The van der Waals surface area contributed by atoms with Gasteiger partial charge in [-0.15, -0.1) is 0 Å². The summed E-state index contributed by atoms with van der Waals surface area (Å²) in [4.78, 5) is 38.6. The molecule has 1 saturated heterocycles. The molecule has 198 valence electrons. The Morgan fingerprint density at radius 2 is 1.18 bits per heavy atom. The molecule has 0 aromatic heterocycles. The van der Waals surface area contributed by atoms with E-state index in [0.29, 0.717) is 11.1 Å². The van der Waals surface area contributed by atoms with Crippen LogP contribution in [-0.2, 0) is 28.3 Å². The van der Waals surface area contributed by atoms with E-state index >= 15 is 0 Å². The Morgan fingerprint density at radius 1 is 0.718 bits per heavy atom. The van der Waals surface area contributed by atoms with Crippen LogP contribution in [0.5, 0.6) is 0 Å². The van der Waals surface area contributed by atoms with Crippen molar-refractivity contribution in [3.05, 3.63) is 108 Å². The molecule has 4 rings (SSSR count). The summed E-state index contributed by atoms with van der Waals surface area (Å²) < 4.78 is 34.3. The first kappa shape index (κ1) is 27.9. The maximum absolute atomic E-state index is 13.1. The van der Waals surface area contributed by atoms with E-state index in [1.165, 1.54) is 7.11 Å². The molecule has 0 saturated carbocycles. The Balaban J connectivity index is 1.61. The minimum atomic E-state index is -1.18. The molecular weight excluding hydrogens is 502 g/mol. The van der Waals surface area contributed by atoms with E-state index in [0.717, 1.165) is 7.00 Å². The number of hydrogen-bond acceptors (Lipinski definition) is 9. The summed E-state index contributed by atoms with van der Waals surface area (Å²) in [6, 6.07) is 25.1. The van der Waals surface area contributed by atoms with Crippen LogP contribution in [0.1, 0.15) is 31.1 Å². The molecule has 3 aromatic carbocycles. The van der Waals surface area contributed by atoms with E-state index in [1.807, 2.05) is 0 Å². The van der Waals surface area contributed by atoms with Crippen LogP contribution in [0, 0.1) is 0 Å². The van der Waals surface area contributed by atoms with E-state index in [2.05, 4.69) is 7.37 Å². The maximum atomic E-state index is 13.1. The Hall–Kier alpha value is -4.08. The summed E-state index contributed by atoms with van der Waals surface area (Å²) in [5, 5.41) is 0. The SMILES string of the molecule is B=BOC1[C@H](OC(=O)c2ccccc2)C(COC(=O)c2ccccc2)O[C@H](OC)[C@@H]1OC(=O)c1ccccc1. The van der Waals surface area contributed by atoms with Crippen molar-refractivity contribution in [1.29, 1.82) is 0 Å². The fraction of sp³-hybridized carbons (Fsp3) is 0.250. The molecule has 1 aliphatic heterocycles. The number of hydrogen-bond donors (Lipinski definition) is 0. The molecular formula is C28H26B2O9. The van der Waals surface area contributed by atoms with Crippen LogP contribution in [0.4, 0.5) is 0 Å². The van der Waals surface area contributed by atoms with Crippen LogP contribution in [0.3, 0.4) is 0 Å². The van der Waals surface area contributed by atoms with Crippen LogP contribution in [0.2, 0.25) is 0 Å². The van der Waals surface area contributed by atoms with E-state index in [1.54, 1.807) is 91.0 Å². The zero-order valence-corrected chi connectivity index (χ0v) is 21.2. The van der Waals surface area contributed by atoms with Gasteiger partial charge < -0.3 is 0 Å². The van der Waals surface area contributed by atoms with E-state index in [4.69, 9.17) is 28.3 Å². The number of rotatable bonds is 10. The molecule has 0 N–H and O–H groups in total. The second-order valence-electron chi connectivity index (χ2n) is 8.48. The summed E-state index contributed by atoms with van der Waals surface area (Å²) in [6.07, 6.45) is -5.64. The molecule has 1 heterocycles. The Kier molecular flexibility index (Phi) is 9.77. The molecule has 9 nitrogen and oxygen atoms in total. The van der Waals surface area contributed by atoms with Gasteiger partial charge in [-0.25, -0.2) is 0 Å². The van der Waals surface area contributed by atoms with Crippen molar-refractivity contribution in [2.24, 2.45) is 0 Å². The molecule has 3 aromatic rings. The van der Waals surface area contributed by atoms with Crippen molar-refractivity contribution in [3.8, 4) is 0 Å². The van der Waals surface area contributed by atoms with Crippen molar-refractivity contribution in [2.75, 3.05) is 13.7 Å². The standard InChI is InChI=1S/C28H26B2O9/c1-34-28-24(38-27(33)20-15-9-4-10-16-20)23(39-30-29)22(37-26(32)19-13-7-3-8-14-19)21(36-28)17-35-25(31)18-11-5-2-6-12-18/h2-16,21-24,28-29H,17H2,1H3/t21?,22-,23?,24-,28+/m1/s1. The van der Waals surface area contributed by atoms with E-state index in [-0.39, 0.29) is 12.2 Å². The minimum absolute atomic E-state index is 0.279. The Labute approximate surface area is 227 Å². The molecule has 2 unspecified atom stereocenters. The van der Waals surface area contributed by atoms with Gasteiger partial charge in [-0.2, -0.15) is 0 Å². The monoisotopic (exact) mass is 528 g/mol. The van der Waals surface area contributed by atoms with Gasteiger partial charge in [0.05, 0.1) is 0 Å². The zero-order valence-electron chi connectivity index (χ0n) is 21.2. The average molecular weight is 528 g/mol.